The first kappa shape index (κ1) is 59.8. The summed E-state index contributed by atoms with van der Waals surface area (Å²) in [4.78, 5) is 66.3. The van der Waals surface area contributed by atoms with E-state index in [1.807, 2.05) is 17.4 Å². The number of alkyl halides is 5. The summed E-state index contributed by atoms with van der Waals surface area (Å²) < 4.78 is 111. The van der Waals surface area contributed by atoms with Crippen LogP contribution in [0.4, 0.5) is 41.3 Å². The maximum absolute atomic E-state index is 16.0. The SMILES string of the molecule is COC(=O)N[C@H](C(=O)N[C@@H](Cc1ccc(C#Cc2ccc(N3CC4CCC(C3)N4C3COC3)nc2)cc1)[C@@H](O)CN(Cc1c(F)cc(C(N)=CC=NC(F)F)cc1F)NC(=O)[C@@H](NC(=O)C1CC1)C(C)(C)C)C(C)(C)C(F)(F)F. The minimum Gasteiger partial charge on any atom is -0.453 e. The van der Waals surface area contributed by atoms with Gasteiger partial charge in [0.25, 0.3) is 5.91 Å². The lowest BCUT2D eigenvalue weighted by Crippen LogP contribution is -2.63. The number of methoxy groups -OCH3 is 1. The normalized spacial score (nSPS) is 19.7. The lowest BCUT2D eigenvalue weighted by atomic mass is 9.82. The number of nitrogens with one attached hydrogen (secondary N) is 4. The molecule has 3 aromatic rings. The Morgan fingerprint density at radius 2 is 1.51 bits per heavy atom. The van der Waals surface area contributed by atoms with Crippen LogP contribution in [0.5, 0.6) is 0 Å². The summed E-state index contributed by atoms with van der Waals surface area (Å²) in [6.07, 6.45) is -1.94. The molecule has 79 heavy (non-hydrogen) atoms. The molecule has 1 saturated carbocycles. The van der Waals surface area contributed by atoms with Crippen LogP contribution in [0.15, 0.2) is 65.8 Å². The Morgan fingerprint density at radius 1 is 0.886 bits per heavy atom. The van der Waals surface area contributed by atoms with Crippen LogP contribution in [0, 0.1) is 40.2 Å². The number of pyridine rings is 1. The van der Waals surface area contributed by atoms with Gasteiger partial charge in [0.1, 0.15) is 29.5 Å². The van der Waals surface area contributed by atoms with E-state index in [0.29, 0.717) is 67.7 Å². The van der Waals surface area contributed by atoms with Gasteiger partial charge < -0.3 is 41.2 Å². The minimum absolute atomic E-state index is 0.264. The fraction of sp³-hybridized carbons (Fsp3) is 0.527. The van der Waals surface area contributed by atoms with Crippen LogP contribution in [-0.2, 0) is 36.8 Å². The predicted octanol–water partition coefficient (Wildman–Crippen LogP) is 5.58. The molecule has 3 aliphatic heterocycles. The molecule has 3 saturated heterocycles. The maximum atomic E-state index is 16.0. The minimum atomic E-state index is -5.08. The predicted molar refractivity (Wildman–Crippen MR) is 279 cm³/mol. The Kier molecular flexibility index (Phi) is 19.0. The largest absolute Gasteiger partial charge is 0.453 e. The second-order valence-corrected chi connectivity index (χ2v) is 22.0. The molecule has 4 aliphatic rings. The Morgan fingerprint density at radius 3 is 2.04 bits per heavy atom. The molecule has 1 aromatic heterocycles. The van der Waals surface area contributed by atoms with Crippen LogP contribution in [0.1, 0.15) is 88.1 Å². The first-order chi connectivity index (χ1) is 37.2. The number of ether oxygens (including phenoxy) is 2. The van der Waals surface area contributed by atoms with Crippen LogP contribution in [0.25, 0.3) is 5.70 Å². The fourth-order valence-electron chi connectivity index (χ4n) is 9.75. The summed E-state index contributed by atoms with van der Waals surface area (Å²) in [6, 6.07) is 8.13. The van der Waals surface area contributed by atoms with Crippen molar-refractivity contribution in [2.45, 2.75) is 128 Å². The highest BCUT2D eigenvalue weighted by atomic mass is 19.4. The van der Waals surface area contributed by atoms with Crippen molar-refractivity contribution in [3.8, 4) is 11.8 Å². The number of amides is 4. The van der Waals surface area contributed by atoms with E-state index < -0.39 is 102 Å². The lowest BCUT2D eigenvalue weighted by molar-refractivity contribution is -0.220. The van der Waals surface area contributed by atoms with Crippen molar-refractivity contribution >= 4 is 41.5 Å². The number of aliphatic imine (C=N–C) groups is 1. The number of allylic oxidation sites excluding steroid dienone is 1. The average molecular weight is 1110 g/mol. The highest BCUT2D eigenvalue weighted by Gasteiger charge is 2.56. The second-order valence-electron chi connectivity index (χ2n) is 22.0. The number of piperazine rings is 1. The number of halogens is 7. The zero-order valence-corrected chi connectivity index (χ0v) is 44.7. The Balaban J connectivity index is 1.15. The number of rotatable bonds is 20. The fourth-order valence-corrected chi connectivity index (χ4v) is 9.75. The number of aromatic nitrogens is 1. The smallest absolute Gasteiger partial charge is 0.407 e. The third-order valence-corrected chi connectivity index (χ3v) is 14.7. The third kappa shape index (κ3) is 15.3. The third-order valence-electron chi connectivity index (χ3n) is 14.7. The van der Waals surface area contributed by atoms with Crippen LogP contribution in [0.3, 0.4) is 0 Å². The summed E-state index contributed by atoms with van der Waals surface area (Å²) >= 11 is 0. The van der Waals surface area contributed by atoms with Gasteiger partial charge in [-0.3, -0.25) is 24.7 Å². The van der Waals surface area contributed by atoms with Gasteiger partial charge in [-0.05, 0) is 99.4 Å². The number of hydrazine groups is 1. The van der Waals surface area contributed by atoms with E-state index in [1.54, 1.807) is 51.2 Å². The van der Waals surface area contributed by atoms with Crippen LogP contribution in [0.2, 0.25) is 0 Å². The molecule has 0 radical (unpaired) electrons. The molecule has 7 N–H and O–H groups in total. The number of hydrogen-bond acceptors (Lipinski definition) is 13. The van der Waals surface area contributed by atoms with E-state index in [-0.39, 0.29) is 23.6 Å². The molecular formula is C55H67F7N10O7. The van der Waals surface area contributed by atoms with Gasteiger partial charge in [0.05, 0.1) is 43.9 Å². The van der Waals surface area contributed by atoms with Gasteiger partial charge >= 0.3 is 18.8 Å². The molecule has 4 fully saturated rings. The summed E-state index contributed by atoms with van der Waals surface area (Å²) in [5.41, 5.74) is 4.85. The first-order valence-electron chi connectivity index (χ1n) is 25.9. The summed E-state index contributed by atoms with van der Waals surface area (Å²) in [5, 5.41) is 20.2. The summed E-state index contributed by atoms with van der Waals surface area (Å²) in [6.45, 7) is 4.92. The van der Waals surface area contributed by atoms with Crippen molar-refractivity contribution in [2.75, 3.05) is 44.9 Å². The van der Waals surface area contributed by atoms with E-state index in [1.165, 1.54) is 0 Å². The number of carbonyl (C=O) groups excluding carboxylic acids is 4. The number of alkyl carbamates (subject to hydrolysis) is 1. The van der Waals surface area contributed by atoms with Crippen molar-refractivity contribution < 1.29 is 64.5 Å². The van der Waals surface area contributed by atoms with Gasteiger partial charge in [-0.1, -0.05) is 44.7 Å². The van der Waals surface area contributed by atoms with Gasteiger partial charge in [-0.2, -0.15) is 22.0 Å². The molecular weight excluding hydrogens is 1050 g/mol. The molecule has 428 valence electrons. The van der Waals surface area contributed by atoms with Crippen LogP contribution < -0.4 is 32.0 Å². The summed E-state index contributed by atoms with van der Waals surface area (Å²) in [5.74, 6) is 1.55. The number of benzene rings is 2. The molecule has 6 atom stereocenters. The van der Waals surface area contributed by atoms with Gasteiger partial charge in [0.2, 0.25) is 11.8 Å². The van der Waals surface area contributed by atoms with Gasteiger partial charge in [-0.15, -0.1) is 0 Å². The molecule has 0 spiro atoms. The lowest BCUT2D eigenvalue weighted by Gasteiger charge is -2.47. The van der Waals surface area contributed by atoms with Crippen LogP contribution in [-0.4, -0.2) is 145 Å². The summed E-state index contributed by atoms with van der Waals surface area (Å²) in [7, 11) is 0.887. The van der Waals surface area contributed by atoms with Crippen molar-refractivity contribution in [3.63, 3.8) is 0 Å². The first-order valence-corrected chi connectivity index (χ1v) is 25.9. The highest BCUT2D eigenvalue weighted by molar-refractivity contribution is 5.90. The Bertz CT molecular complexity index is 2760. The number of aliphatic hydroxyl groups excluding tert-OH is 1. The van der Waals surface area contributed by atoms with Crippen LogP contribution >= 0.6 is 0 Å². The number of fused-ring (bicyclic) bond motifs is 2. The zero-order valence-electron chi connectivity index (χ0n) is 44.7. The average Bonchev–Trinajstić information content (AvgIpc) is 4.32. The van der Waals surface area contributed by atoms with E-state index >= 15 is 8.78 Å². The van der Waals surface area contributed by atoms with E-state index in [2.05, 4.69) is 47.4 Å². The monoisotopic (exact) mass is 1110 g/mol. The van der Waals surface area contributed by atoms with Crippen molar-refractivity contribution in [3.05, 3.63) is 100 Å². The van der Waals surface area contributed by atoms with Gasteiger partial charge in [0.15, 0.2) is 0 Å². The van der Waals surface area contributed by atoms with E-state index in [4.69, 9.17) is 15.5 Å². The van der Waals surface area contributed by atoms with E-state index in [9.17, 15) is 46.2 Å². The quantitative estimate of drug-likeness (QED) is 0.0269. The highest BCUT2D eigenvalue weighted by Crippen LogP contribution is 2.41. The number of anilines is 1. The molecule has 4 amide bonds. The van der Waals surface area contributed by atoms with Crippen molar-refractivity contribution in [2.24, 2.45) is 27.5 Å². The standard InChI is InChI=1S/C55H67F7N10O7/c1-53(2,3)46(67-48(74)34-14-15-34)50(76)69-71(27-39-40(56)22-35(23-41(39)57)42(63)19-20-64-51(58)59)28-44(73)43(66-49(75)47(68-52(77)78-6)54(4,5)55(60,61)62)21-32-10-7-31(8-11-32)9-12-33-13-18-45(65-24-33)70-25-36-16-17-37(26-70)72(36)38-29-79-30-38/h7-8,10-11,13,18-20,22-24,34,36-38,43-44,46-47,51,73H,14-17,21,25-30,63H2,1-6H3,(H,66,75)(H,67,74)(H,68,77)(H,69,76)/t36?,37?,43-,44-,46+,47+/m0/s1. The Hall–Kier alpha value is -6.81. The molecule has 2 unspecified atom stereocenters. The van der Waals surface area contributed by atoms with Crippen molar-refractivity contribution in [1.29, 1.82) is 0 Å². The number of nitrogens with two attached hydrogens (primary N) is 1. The second kappa shape index (κ2) is 25.1. The zero-order chi connectivity index (χ0) is 57.6. The molecule has 2 bridgehead atoms. The number of hydrogen-bond donors (Lipinski definition) is 6. The van der Waals surface area contributed by atoms with E-state index in [0.717, 1.165) is 75.3 Å². The molecule has 1 aliphatic carbocycles. The molecule has 4 heterocycles. The number of aliphatic hydroxyl groups is 1. The van der Waals surface area contributed by atoms with Gasteiger partial charge in [0, 0.05) is 84.5 Å². The molecule has 24 heteroatoms. The molecule has 7 rings (SSSR count). The molecule has 2 aromatic carbocycles. The maximum Gasteiger partial charge on any atom is 0.407 e. The van der Waals surface area contributed by atoms with Crippen molar-refractivity contribution in [1.82, 2.24) is 36.3 Å². The van der Waals surface area contributed by atoms with Gasteiger partial charge in [-0.25, -0.2) is 28.6 Å². The number of carbonyl (C=O) groups is 4. The topological polar surface area (TPSA) is 216 Å². The number of nitrogens with zero attached hydrogens (tertiary/aromatic N) is 5. The molecule has 17 nitrogen and oxygen atoms in total. The Labute approximate surface area is 453 Å².